The lowest BCUT2D eigenvalue weighted by Crippen LogP contribution is -2.46. The Morgan fingerprint density at radius 2 is 1.67 bits per heavy atom. The van der Waals surface area contributed by atoms with Gasteiger partial charge in [-0.3, -0.25) is 4.79 Å². The van der Waals surface area contributed by atoms with Crippen molar-refractivity contribution in [2.75, 3.05) is 31.5 Å². The summed E-state index contributed by atoms with van der Waals surface area (Å²) in [7, 11) is -0.597. The molecule has 248 valence electrons. The molecule has 0 unspecified atom stereocenters. The van der Waals surface area contributed by atoms with Gasteiger partial charge in [0.05, 0.1) is 27.8 Å². The first kappa shape index (κ1) is 34.2. The zero-order valence-corrected chi connectivity index (χ0v) is 27.8. The van der Waals surface area contributed by atoms with Gasteiger partial charge >= 0.3 is 13.3 Å². The van der Waals surface area contributed by atoms with Crippen molar-refractivity contribution in [3.8, 4) is 0 Å². The fourth-order valence-electron chi connectivity index (χ4n) is 6.20. The molecule has 2 aliphatic heterocycles. The number of halogens is 3. The normalized spacial score (nSPS) is 18.7. The van der Waals surface area contributed by atoms with E-state index in [1.54, 1.807) is 6.07 Å². The number of hydrogen-bond acceptors (Lipinski definition) is 6. The highest BCUT2D eigenvalue weighted by Gasteiger charge is 2.51. The van der Waals surface area contributed by atoms with Crippen molar-refractivity contribution in [2.45, 2.75) is 97.2 Å². The summed E-state index contributed by atoms with van der Waals surface area (Å²) in [6, 6.07) is 12.6. The summed E-state index contributed by atoms with van der Waals surface area (Å²) < 4.78 is 51.9. The third-order valence-electron chi connectivity index (χ3n) is 9.65. The number of carbonyl (C=O) groups excluding carboxylic acids is 1. The topological polar surface area (TPSA) is 66.9 Å². The molecule has 3 heterocycles. The molecular formula is C35H46BF3N4O3. The van der Waals surface area contributed by atoms with E-state index >= 15 is 0 Å². The van der Waals surface area contributed by atoms with Gasteiger partial charge in [-0.1, -0.05) is 38.1 Å². The van der Waals surface area contributed by atoms with Crippen LogP contribution in [0.15, 0.2) is 48.5 Å². The van der Waals surface area contributed by atoms with Gasteiger partial charge in [-0.2, -0.15) is 13.2 Å². The van der Waals surface area contributed by atoms with E-state index in [-0.39, 0.29) is 18.5 Å². The van der Waals surface area contributed by atoms with Crippen LogP contribution in [0.25, 0.3) is 10.9 Å². The van der Waals surface area contributed by atoms with Gasteiger partial charge in [0.25, 0.3) is 5.91 Å². The summed E-state index contributed by atoms with van der Waals surface area (Å²) in [5, 5.41) is 3.95. The van der Waals surface area contributed by atoms with Crippen LogP contribution < -0.4 is 10.8 Å². The van der Waals surface area contributed by atoms with E-state index in [0.29, 0.717) is 34.4 Å². The molecule has 46 heavy (non-hydrogen) atoms. The van der Waals surface area contributed by atoms with Gasteiger partial charge in [-0.05, 0) is 102 Å². The second-order valence-corrected chi connectivity index (χ2v) is 13.5. The molecule has 0 spiro atoms. The van der Waals surface area contributed by atoms with E-state index in [4.69, 9.17) is 14.3 Å². The van der Waals surface area contributed by atoms with Crippen molar-refractivity contribution in [3.05, 3.63) is 65.2 Å². The third-order valence-corrected chi connectivity index (χ3v) is 9.65. The summed E-state index contributed by atoms with van der Waals surface area (Å²) in [6.45, 7) is 16.1. The summed E-state index contributed by atoms with van der Waals surface area (Å²) in [5.41, 5.74) is 0.897. The number of likely N-dealkylation sites (tertiary alicyclic amines) is 1. The van der Waals surface area contributed by atoms with Crippen molar-refractivity contribution in [3.63, 3.8) is 0 Å². The van der Waals surface area contributed by atoms with Gasteiger partial charge in [0, 0.05) is 31.1 Å². The summed E-state index contributed by atoms with van der Waals surface area (Å²) >= 11 is 0. The molecule has 3 aromatic rings. The highest BCUT2D eigenvalue weighted by Crippen LogP contribution is 2.37. The smallest absolute Gasteiger partial charge is 0.399 e. The molecule has 2 fully saturated rings. The molecule has 0 bridgehead atoms. The van der Waals surface area contributed by atoms with Crippen LogP contribution in [0.3, 0.4) is 0 Å². The average Bonchev–Trinajstić information content (AvgIpc) is 3.60. The van der Waals surface area contributed by atoms with Gasteiger partial charge < -0.3 is 24.4 Å². The van der Waals surface area contributed by atoms with Crippen LogP contribution in [0, 0.1) is 0 Å². The Balaban J connectivity index is 1.51. The Morgan fingerprint density at radius 1 is 1.02 bits per heavy atom. The molecule has 2 saturated heterocycles. The van der Waals surface area contributed by atoms with E-state index in [0.717, 1.165) is 50.1 Å². The van der Waals surface area contributed by atoms with Crippen molar-refractivity contribution in [1.29, 1.82) is 0 Å². The van der Waals surface area contributed by atoms with Crippen LogP contribution in [0.5, 0.6) is 0 Å². The minimum absolute atomic E-state index is 0.0589. The van der Waals surface area contributed by atoms with Crippen LogP contribution in [0.1, 0.15) is 88.7 Å². The minimum Gasteiger partial charge on any atom is -0.399 e. The molecule has 11 heteroatoms. The van der Waals surface area contributed by atoms with Gasteiger partial charge in [0.2, 0.25) is 0 Å². The average molecular weight is 639 g/mol. The number of nitrogens with zero attached hydrogens (tertiary/aromatic N) is 3. The maximum atomic E-state index is 14.6. The number of rotatable bonds is 11. The van der Waals surface area contributed by atoms with Gasteiger partial charge in [0.1, 0.15) is 5.82 Å². The first-order valence-electron chi connectivity index (χ1n) is 16.5. The number of pyridine rings is 1. The Hall–Kier alpha value is -3.15. The standard InChI is InChI=1S/C35H46BF3N4O3/c1-7-17-43(27(8-2)23-42-18-9-10-19-42)32(44)29-21-31(40-22-24-11-13-25(14-12-24)35(37,38)39)41-30-16-15-26(20-28(29)30)36-45-33(3,4)34(5,6)46-36/h11-16,20-21,27H,7-10,17-19,22-23H2,1-6H3,(H,40,41)/t27-/m0/s1. The lowest BCUT2D eigenvalue weighted by molar-refractivity contribution is -0.137. The second kappa shape index (κ2) is 13.5. The number of anilines is 1. The number of fused-ring (bicyclic) bond motifs is 1. The maximum absolute atomic E-state index is 14.6. The summed E-state index contributed by atoms with van der Waals surface area (Å²) in [4.78, 5) is 23.9. The van der Waals surface area contributed by atoms with Crippen molar-refractivity contribution in [1.82, 2.24) is 14.8 Å². The van der Waals surface area contributed by atoms with E-state index in [9.17, 15) is 18.0 Å². The van der Waals surface area contributed by atoms with Gasteiger partial charge in [-0.15, -0.1) is 0 Å². The fourth-order valence-corrected chi connectivity index (χ4v) is 6.20. The van der Waals surface area contributed by atoms with Crippen LogP contribution in [0.2, 0.25) is 0 Å². The Morgan fingerprint density at radius 3 is 2.26 bits per heavy atom. The van der Waals surface area contributed by atoms with Crippen LogP contribution in [0.4, 0.5) is 19.0 Å². The van der Waals surface area contributed by atoms with E-state index in [1.165, 1.54) is 25.0 Å². The predicted molar refractivity (Wildman–Crippen MR) is 177 cm³/mol. The van der Waals surface area contributed by atoms with Gasteiger partial charge in [-0.25, -0.2) is 4.98 Å². The first-order chi connectivity index (χ1) is 21.7. The molecule has 1 amide bonds. The van der Waals surface area contributed by atoms with E-state index in [1.807, 2.05) is 50.8 Å². The van der Waals surface area contributed by atoms with Crippen LogP contribution in [-0.4, -0.2) is 71.2 Å². The Labute approximate surface area is 271 Å². The summed E-state index contributed by atoms with van der Waals surface area (Å²) in [5.74, 6) is 0.409. The number of nitrogens with one attached hydrogen (secondary N) is 1. The third kappa shape index (κ3) is 7.37. The SMILES string of the molecule is CCCN(C(=O)c1cc(NCc2ccc(C(F)(F)F)cc2)nc2ccc(B3OC(C)(C)C(C)(C)O3)cc12)[C@@H](CC)CN1CCCC1. The largest absolute Gasteiger partial charge is 0.494 e. The molecular weight excluding hydrogens is 592 g/mol. The number of aromatic nitrogens is 1. The molecule has 0 radical (unpaired) electrons. The number of amides is 1. The highest BCUT2D eigenvalue weighted by atomic mass is 19.4. The predicted octanol–water partition coefficient (Wildman–Crippen LogP) is 6.89. The first-order valence-corrected chi connectivity index (χ1v) is 16.5. The second-order valence-electron chi connectivity index (χ2n) is 13.5. The molecule has 0 saturated carbocycles. The maximum Gasteiger partial charge on any atom is 0.494 e. The molecule has 2 aliphatic rings. The van der Waals surface area contributed by atoms with Crippen molar-refractivity contribution in [2.24, 2.45) is 0 Å². The number of benzene rings is 2. The Bertz CT molecular complexity index is 1510. The summed E-state index contributed by atoms with van der Waals surface area (Å²) in [6.07, 6.45) is -0.367. The molecule has 0 aliphatic carbocycles. The van der Waals surface area contributed by atoms with Crippen molar-refractivity contribution < 1.29 is 27.3 Å². The zero-order valence-electron chi connectivity index (χ0n) is 27.8. The molecule has 5 rings (SSSR count). The molecule has 1 aromatic heterocycles. The molecule has 7 nitrogen and oxygen atoms in total. The number of carbonyl (C=O) groups is 1. The van der Waals surface area contributed by atoms with E-state index in [2.05, 4.69) is 24.1 Å². The lowest BCUT2D eigenvalue weighted by Gasteiger charge is -2.34. The Kier molecular flexibility index (Phi) is 10.1. The molecule has 1 atom stereocenters. The quantitative estimate of drug-likeness (QED) is 0.231. The van der Waals surface area contributed by atoms with Gasteiger partial charge in [0.15, 0.2) is 0 Å². The van der Waals surface area contributed by atoms with Crippen LogP contribution >= 0.6 is 0 Å². The monoisotopic (exact) mass is 638 g/mol. The minimum atomic E-state index is -4.39. The van der Waals surface area contributed by atoms with Crippen molar-refractivity contribution >= 4 is 35.2 Å². The lowest BCUT2D eigenvalue weighted by atomic mass is 9.78. The van der Waals surface area contributed by atoms with E-state index < -0.39 is 30.1 Å². The highest BCUT2D eigenvalue weighted by molar-refractivity contribution is 6.62. The molecule has 1 N–H and O–H groups in total. The number of hydrogen-bond donors (Lipinski definition) is 1. The number of alkyl halides is 3. The zero-order chi connectivity index (χ0) is 33.3. The van der Waals surface area contributed by atoms with Crippen LogP contribution in [-0.2, 0) is 22.0 Å². The fraction of sp³-hybridized carbons (Fsp3) is 0.543. The molecule has 2 aromatic carbocycles.